The second-order valence-electron chi connectivity index (χ2n) is 9.53. The van der Waals surface area contributed by atoms with E-state index in [2.05, 4.69) is 25.6 Å². The number of anilines is 1. The highest BCUT2D eigenvalue weighted by atomic mass is 31.2. The monoisotopic (exact) mass is 544 g/mol. The Morgan fingerprint density at radius 2 is 2.00 bits per heavy atom. The minimum absolute atomic E-state index is 0.188. The number of hydrogen-bond acceptors (Lipinski definition) is 10. The molecule has 6 unspecified atom stereocenters. The number of nitrogens with one attached hydrogen (secondary N) is 1. The molecule has 13 nitrogen and oxygen atoms in total. The number of amides is 1. The number of nitrogens with zero attached hydrogens (tertiary/aromatic N) is 5. The van der Waals surface area contributed by atoms with Gasteiger partial charge in [-0.05, 0) is 45.4 Å². The van der Waals surface area contributed by atoms with Crippen LogP contribution in [0.4, 0.5) is 5.82 Å². The van der Waals surface area contributed by atoms with E-state index in [9.17, 15) is 14.3 Å². The van der Waals surface area contributed by atoms with Crippen LogP contribution in [0.3, 0.4) is 0 Å². The second kappa shape index (κ2) is 10.3. The Morgan fingerprint density at radius 3 is 2.74 bits per heavy atom. The SMILES string of the molecule is CCC(C)OP(=O)(O)C=CC1OC(n2nnc3c(NC(=O)c4ccccc4)ncnc32)C2OC(C)(C)OC12. The molecule has 5 rings (SSSR count). The summed E-state index contributed by atoms with van der Waals surface area (Å²) in [4.78, 5) is 31.4. The number of carbonyl (C=O) groups is 1. The fraction of sp³-hybridized carbons (Fsp3) is 0.458. The fourth-order valence-electron chi connectivity index (χ4n) is 4.32. The number of ether oxygens (including phenoxy) is 3. The van der Waals surface area contributed by atoms with Crippen molar-refractivity contribution in [1.29, 1.82) is 0 Å². The number of hydrogen-bond donors (Lipinski definition) is 2. The van der Waals surface area contributed by atoms with Crippen molar-refractivity contribution in [1.82, 2.24) is 25.0 Å². The number of fused-ring (bicyclic) bond motifs is 2. The first-order chi connectivity index (χ1) is 18.1. The van der Waals surface area contributed by atoms with Crippen molar-refractivity contribution in [3.05, 3.63) is 54.1 Å². The molecule has 6 atom stereocenters. The van der Waals surface area contributed by atoms with Crippen LogP contribution in [0.5, 0.6) is 0 Å². The van der Waals surface area contributed by atoms with Gasteiger partial charge in [0, 0.05) is 11.4 Å². The average Bonchev–Trinajstić information content (AvgIpc) is 3.54. The summed E-state index contributed by atoms with van der Waals surface area (Å²) < 4.78 is 37.5. The molecule has 2 fully saturated rings. The van der Waals surface area contributed by atoms with E-state index in [0.29, 0.717) is 17.6 Å². The van der Waals surface area contributed by atoms with Crippen molar-refractivity contribution in [3.8, 4) is 0 Å². The molecule has 0 spiro atoms. The van der Waals surface area contributed by atoms with Crippen LogP contribution in [0.25, 0.3) is 11.2 Å². The molecule has 1 aromatic carbocycles. The second-order valence-corrected chi connectivity index (χ2v) is 11.2. The fourth-order valence-corrected chi connectivity index (χ4v) is 5.44. The van der Waals surface area contributed by atoms with Crippen LogP contribution in [0.1, 0.15) is 50.7 Å². The minimum Gasteiger partial charge on any atom is -0.343 e. The van der Waals surface area contributed by atoms with Gasteiger partial charge in [0.15, 0.2) is 29.0 Å². The van der Waals surface area contributed by atoms with Gasteiger partial charge in [0.25, 0.3) is 5.91 Å². The molecule has 0 aliphatic carbocycles. The summed E-state index contributed by atoms with van der Waals surface area (Å²) >= 11 is 0. The number of carbonyl (C=O) groups excluding carboxylic acids is 1. The lowest BCUT2D eigenvalue weighted by Crippen LogP contribution is -2.28. The van der Waals surface area contributed by atoms with Crippen LogP contribution in [0, 0.1) is 0 Å². The zero-order chi connectivity index (χ0) is 27.1. The largest absolute Gasteiger partial charge is 0.351 e. The van der Waals surface area contributed by atoms with E-state index in [1.807, 2.05) is 13.0 Å². The third-order valence-electron chi connectivity index (χ3n) is 6.21. The molecule has 2 aromatic heterocycles. The number of rotatable bonds is 8. The van der Waals surface area contributed by atoms with Gasteiger partial charge in [0.2, 0.25) is 0 Å². The van der Waals surface area contributed by atoms with Gasteiger partial charge in [-0.3, -0.25) is 9.36 Å². The van der Waals surface area contributed by atoms with Gasteiger partial charge < -0.3 is 28.9 Å². The summed E-state index contributed by atoms with van der Waals surface area (Å²) in [6.07, 6.45) is 0.133. The average molecular weight is 545 g/mol. The van der Waals surface area contributed by atoms with E-state index in [4.69, 9.17) is 18.7 Å². The van der Waals surface area contributed by atoms with Crippen molar-refractivity contribution < 1.29 is 33.0 Å². The molecule has 3 aromatic rings. The maximum absolute atomic E-state index is 12.7. The molecular weight excluding hydrogens is 515 g/mol. The first kappa shape index (κ1) is 26.5. The van der Waals surface area contributed by atoms with Gasteiger partial charge in [0.05, 0.1) is 6.10 Å². The summed E-state index contributed by atoms with van der Waals surface area (Å²) in [5.41, 5.74) is 1.02. The normalized spacial score (nSPS) is 26.9. The van der Waals surface area contributed by atoms with Crippen LogP contribution in [-0.2, 0) is 23.3 Å². The van der Waals surface area contributed by atoms with Gasteiger partial charge in [0.1, 0.15) is 24.6 Å². The molecule has 2 saturated heterocycles. The van der Waals surface area contributed by atoms with Crippen molar-refractivity contribution in [2.24, 2.45) is 0 Å². The van der Waals surface area contributed by atoms with Crippen LogP contribution >= 0.6 is 7.60 Å². The van der Waals surface area contributed by atoms with Gasteiger partial charge in [-0.15, -0.1) is 5.10 Å². The molecule has 4 heterocycles. The maximum Gasteiger partial charge on any atom is 0.351 e. The third kappa shape index (κ3) is 5.39. The topological polar surface area (TPSA) is 160 Å². The lowest BCUT2D eigenvalue weighted by Gasteiger charge is -2.23. The first-order valence-electron chi connectivity index (χ1n) is 12.2. The summed E-state index contributed by atoms with van der Waals surface area (Å²) in [5, 5.41) is 11.2. The van der Waals surface area contributed by atoms with E-state index >= 15 is 0 Å². The van der Waals surface area contributed by atoms with Gasteiger partial charge in [-0.2, -0.15) is 4.68 Å². The van der Waals surface area contributed by atoms with E-state index in [0.717, 1.165) is 5.82 Å². The van der Waals surface area contributed by atoms with Crippen molar-refractivity contribution in [3.63, 3.8) is 0 Å². The predicted octanol–water partition coefficient (Wildman–Crippen LogP) is 3.41. The Kier molecular flexibility index (Phi) is 7.16. The smallest absolute Gasteiger partial charge is 0.343 e. The van der Waals surface area contributed by atoms with E-state index in [-0.39, 0.29) is 23.3 Å². The van der Waals surface area contributed by atoms with Crippen LogP contribution in [-0.4, -0.2) is 66.0 Å². The molecule has 0 radical (unpaired) electrons. The van der Waals surface area contributed by atoms with Crippen molar-refractivity contribution in [2.75, 3.05) is 5.32 Å². The predicted molar refractivity (Wildman–Crippen MR) is 135 cm³/mol. The molecule has 2 aliphatic heterocycles. The first-order valence-corrected chi connectivity index (χ1v) is 13.9. The Hall–Kier alpha value is -3.06. The number of aromatic nitrogens is 5. The molecule has 1 amide bonds. The Bertz CT molecular complexity index is 1400. The van der Waals surface area contributed by atoms with E-state index in [1.54, 1.807) is 45.0 Å². The number of benzene rings is 1. The quantitative estimate of drug-likeness (QED) is 0.400. The van der Waals surface area contributed by atoms with Gasteiger partial charge in [-0.25, -0.2) is 9.97 Å². The maximum atomic E-state index is 12.7. The molecule has 0 bridgehead atoms. The van der Waals surface area contributed by atoms with Crippen LogP contribution in [0.2, 0.25) is 0 Å². The van der Waals surface area contributed by atoms with Gasteiger partial charge >= 0.3 is 7.60 Å². The van der Waals surface area contributed by atoms with Crippen LogP contribution < -0.4 is 5.32 Å². The molecule has 2 N–H and O–H groups in total. The Labute approximate surface area is 218 Å². The van der Waals surface area contributed by atoms with Gasteiger partial charge in [-0.1, -0.05) is 30.3 Å². The molecule has 14 heteroatoms. The molecule has 202 valence electrons. The Balaban J connectivity index is 1.42. The zero-order valence-corrected chi connectivity index (χ0v) is 22.2. The lowest BCUT2D eigenvalue weighted by molar-refractivity contribution is -0.192. The Morgan fingerprint density at radius 1 is 1.26 bits per heavy atom. The van der Waals surface area contributed by atoms with E-state index in [1.165, 1.54) is 17.1 Å². The highest BCUT2D eigenvalue weighted by molar-refractivity contribution is 7.56. The molecule has 38 heavy (non-hydrogen) atoms. The standard InChI is InChI=1S/C24H29N6O7P/c1-5-14(2)37-38(32,33)12-11-16-18-19(36-24(3,4)35-18)23(34-16)30-21-17(28-29-30)20(25-13-26-21)27-22(31)15-9-7-6-8-10-15/h6-14,16,18-19,23H,5H2,1-4H3,(H,32,33)(H,25,26,27,31). The van der Waals surface area contributed by atoms with Crippen molar-refractivity contribution in [2.45, 2.75) is 70.5 Å². The highest BCUT2D eigenvalue weighted by Gasteiger charge is 2.56. The summed E-state index contributed by atoms with van der Waals surface area (Å²) in [5.74, 6) is 0.00888. The minimum atomic E-state index is -4.00. The summed E-state index contributed by atoms with van der Waals surface area (Å²) in [7, 11) is -4.00. The summed E-state index contributed by atoms with van der Waals surface area (Å²) in [6, 6.07) is 8.71. The van der Waals surface area contributed by atoms with Crippen molar-refractivity contribution >= 4 is 30.5 Å². The van der Waals surface area contributed by atoms with E-state index < -0.39 is 37.9 Å². The zero-order valence-electron chi connectivity index (χ0n) is 21.3. The lowest BCUT2D eigenvalue weighted by atomic mass is 10.1. The third-order valence-corrected chi connectivity index (χ3v) is 7.42. The molecular formula is C24H29N6O7P. The summed E-state index contributed by atoms with van der Waals surface area (Å²) in [6.45, 7) is 7.12. The highest BCUT2D eigenvalue weighted by Crippen LogP contribution is 2.48. The molecule has 2 aliphatic rings. The van der Waals surface area contributed by atoms with Crippen LogP contribution in [0.15, 0.2) is 48.6 Å². The molecule has 0 saturated carbocycles.